The van der Waals surface area contributed by atoms with Crippen LogP contribution in [-0.2, 0) is 4.79 Å². The zero-order valence-electron chi connectivity index (χ0n) is 13.7. The molecule has 0 aliphatic carbocycles. The van der Waals surface area contributed by atoms with E-state index < -0.39 is 17.6 Å². The van der Waals surface area contributed by atoms with Crippen molar-refractivity contribution in [1.82, 2.24) is 9.97 Å². The number of carbonyl (C=O) groups is 1. The van der Waals surface area contributed by atoms with E-state index in [1.54, 1.807) is 6.07 Å². The number of fused-ring (bicyclic) bond motifs is 1. The number of benzene rings is 2. The minimum atomic E-state index is -0.981. The highest BCUT2D eigenvalue weighted by Crippen LogP contribution is 2.34. The summed E-state index contributed by atoms with van der Waals surface area (Å²) in [5, 5.41) is 3.41. The first-order valence-corrected chi connectivity index (χ1v) is 7.21. The summed E-state index contributed by atoms with van der Waals surface area (Å²) in [6, 6.07) is 6.53. The fourth-order valence-electron chi connectivity index (χ4n) is 2.27. The van der Waals surface area contributed by atoms with Gasteiger partial charge in [0.25, 0.3) is 0 Å². The third-order valence-electron chi connectivity index (χ3n) is 3.36. The Labute approximate surface area is 153 Å². The molecular formula is C17H14ClF2N3O3. The lowest BCUT2D eigenvalue weighted by molar-refractivity contribution is -0.132. The average Bonchev–Trinajstić information content (AvgIpc) is 2.57. The van der Waals surface area contributed by atoms with Gasteiger partial charge in [0, 0.05) is 30.1 Å². The molecule has 136 valence electrons. The highest BCUT2D eigenvalue weighted by molar-refractivity contribution is 5.93. The first-order chi connectivity index (χ1) is 12.0. The predicted molar refractivity (Wildman–Crippen MR) is 94.3 cm³/mol. The summed E-state index contributed by atoms with van der Waals surface area (Å²) in [6.07, 6.45) is 1.31. The van der Waals surface area contributed by atoms with Crippen LogP contribution in [0.25, 0.3) is 10.9 Å². The molecule has 2 aromatic carbocycles. The van der Waals surface area contributed by atoms with E-state index in [1.807, 2.05) is 0 Å². The van der Waals surface area contributed by atoms with Gasteiger partial charge in [-0.1, -0.05) is 0 Å². The lowest BCUT2D eigenvalue weighted by atomic mass is 10.2. The van der Waals surface area contributed by atoms with Crippen molar-refractivity contribution in [3.05, 3.63) is 48.3 Å². The molecule has 0 unspecified atom stereocenters. The third kappa shape index (κ3) is 3.97. The van der Waals surface area contributed by atoms with Crippen molar-refractivity contribution in [2.24, 2.45) is 0 Å². The molecule has 0 aliphatic rings. The van der Waals surface area contributed by atoms with Gasteiger partial charge in [-0.05, 0) is 18.2 Å². The number of nitrogens with one attached hydrogen (secondary N) is 1. The molecule has 1 heterocycles. The molecule has 0 fully saturated rings. The Morgan fingerprint density at radius 2 is 1.85 bits per heavy atom. The number of nitrogens with zero attached hydrogens (tertiary/aromatic N) is 2. The highest BCUT2D eigenvalue weighted by Gasteiger charge is 2.13. The molecule has 0 bridgehead atoms. The summed E-state index contributed by atoms with van der Waals surface area (Å²) in [4.78, 5) is 19.5. The SMILES string of the molecule is COc1cc2ncnc(Nc3ccc(F)c(F)c3)c2cc1OC(C)=O.Cl. The number of rotatable bonds is 4. The molecule has 3 aromatic rings. The van der Waals surface area contributed by atoms with E-state index in [0.29, 0.717) is 28.2 Å². The van der Waals surface area contributed by atoms with Crippen molar-refractivity contribution in [2.75, 3.05) is 12.4 Å². The fourth-order valence-corrected chi connectivity index (χ4v) is 2.27. The summed E-state index contributed by atoms with van der Waals surface area (Å²) < 4.78 is 36.8. The van der Waals surface area contributed by atoms with Gasteiger partial charge in [-0.25, -0.2) is 18.7 Å². The van der Waals surface area contributed by atoms with Crippen LogP contribution in [0.1, 0.15) is 6.92 Å². The Bertz CT molecular complexity index is 969. The molecule has 0 amide bonds. The number of hydrogen-bond donors (Lipinski definition) is 1. The van der Waals surface area contributed by atoms with Gasteiger partial charge in [0.05, 0.1) is 12.6 Å². The molecule has 1 N–H and O–H groups in total. The number of aromatic nitrogens is 2. The fraction of sp³-hybridized carbons (Fsp3) is 0.118. The van der Waals surface area contributed by atoms with Crippen molar-refractivity contribution < 1.29 is 23.0 Å². The number of halogens is 3. The largest absolute Gasteiger partial charge is 0.493 e. The van der Waals surface area contributed by atoms with Crippen molar-refractivity contribution in [3.63, 3.8) is 0 Å². The maximum absolute atomic E-state index is 13.4. The number of hydrogen-bond acceptors (Lipinski definition) is 6. The van der Waals surface area contributed by atoms with Crippen LogP contribution in [0.15, 0.2) is 36.7 Å². The van der Waals surface area contributed by atoms with E-state index in [-0.39, 0.29) is 18.2 Å². The molecule has 3 rings (SSSR count). The minimum Gasteiger partial charge on any atom is -0.493 e. The molecule has 26 heavy (non-hydrogen) atoms. The van der Waals surface area contributed by atoms with Gasteiger partial charge >= 0.3 is 5.97 Å². The first kappa shape index (κ1) is 19.3. The van der Waals surface area contributed by atoms with Crippen LogP contribution in [0.3, 0.4) is 0 Å². The maximum atomic E-state index is 13.4. The normalized spacial score (nSPS) is 10.2. The molecule has 0 radical (unpaired) electrons. The van der Waals surface area contributed by atoms with Gasteiger partial charge < -0.3 is 14.8 Å². The van der Waals surface area contributed by atoms with Gasteiger partial charge in [-0.3, -0.25) is 4.79 Å². The zero-order chi connectivity index (χ0) is 18.0. The second-order valence-electron chi connectivity index (χ2n) is 5.09. The van der Waals surface area contributed by atoms with E-state index in [0.717, 1.165) is 12.1 Å². The van der Waals surface area contributed by atoms with Crippen LogP contribution in [0.5, 0.6) is 11.5 Å². The van der Waals surface area contributed by atoms with E-state index in [4.69, 9.17) is 9.47 Å². The van der Waals surface area contributed by atoms with Gasteiger partial charge in [-0.15, -0.1) is 12.4 Å². The van der Waals surface area contributed by atoms with Crippen LogP contribution in [0, 0.1) is 11.6 Å². The van der Waals surface area contributed by atoms with Gasteiger partial charge in [-0.2, -0.15) is 0 Å². The van der Waals surface area contributed by atoms with E-state index >= 15 is 0 Å². The first-order valence-electron chi connectivity index (χ1n) is 7.21. The number of anilines is 2. The highest BCUT2D eigenvalue weighted by atomic mass is 35.5. The van der Waals surface area contributed by atoms with E-state index in [1.165, 1.54) is 32.5 Å². The number of carbonyl (C=O) groups excluding carboxylic acids is 1. The topological polar surface area (TPSA) is 73.3 Å². The number of methoxy groups -OCH3 is 1. The van der Waals surface area contributed by atoms with Crippen molar-refractivity contribution in [2.45, 2.75) is 6.92 Å². The van der Waals surface area contributed by atoms with Crippen molar-refractivity contribution >= 4 is 40.8 Å². The lowest BCUT2D eigenvalue weighted by Crippen LogP contribution is -2.04. The second kappa shape index (κ2) is 7.92. The van der Waals surface area contributed by atoms with Crippen LogP contribution in [-0.4, -0.2) is 23.0 Å². The molecule has 9 heteroatoms. The maximum Gasteiger partial charge on any atom is 0.308 e. The van der Waals surface area contributed by atoms with Crippen LogP contribution < -0.4 is 14.8 Å². The molecule has 0 atom stereocenters. The standard InChI is InChI=1S/C17H13F2N3O3.ClH/c1-9(23)25-16-6-11-14(7-15(16)24-2)20-8-21-17(11)22-10-3-4-12(18)13(19)5-10;/h3-8H,1-2H3,(H,20,21,22);1H. The zero-order valence-corrected chi connectivity index (χ0v) is 14.6. The van der Waals surface area contributed by atoms with E-state index in [9.17, 15) is 13.6 Å². The van der Waals surface area contributed by atoms with E-state index in [2.05, 4.69) is 15.3 Å². The number of esters is 1. The summed E-state index contributed by atoms with van der Waals surface area (Å²) >= 11 is 0. The van der Waals surface area contributed by atoms with Crippen molar-refractivity contribution in [3.8, 4) is 11.5 Å². The quantitative estimate of drug-likeness (QED) is 0.544. The Balaban J connectivity index is 0.00000243. The number of ether oxygens (including phenoxy) is 2. The smallest absolute Gasteiger partial charge is 0.308 e. The van der Waals surface area contributed by atoms with Crippen LogP contribution >= 0.6 is 12.4 Å². The van der Waals surface area contributed by atoms with Crippen LogP contribution in [0.2, 0.25) is 0 Å². The Kier molecular flexibility index (Phi) is 5.89. The minimum absolute atomic E-state index is 0. The van der Waals surface area contributed by atoms with Gasteiger partial charge in [0.1, 0.15) is 12.1 Å². The Morgan fingerprint density at radius 1 is 1.08 bits per heavy atom. The summed E-state index contributed by atoms with van der Waals surface area (Å²) in [5.41, 5.74) is 0.830. The lowest BCUT2D eigenvalue weighted by Gasteiger charge is -2.12. The average molecular weight is 382 g/mol. The predicted octanol–water partition coefficient (Wildman–Crippen LogP) is 4.01. The Morgan fingerprint density at radius 3 is 2.50 bits per heavy atom. The molecule has 0 aliphatic heterocycles. The molecule has 0 spiro atoms. The molecule has 6 nitrogen and oxygen atoms in total. The van der Waals surface area contributed by atoms with Crippen molar-refractivity contribution in [1.29, 1.82) is 0 Å². The summed E-state index contributed by atoms with van der Waals surface area (Å²) in [5.74, 6) is -1.56. The molecule has 0 saturated heterocycles. The molecule has 0 saturated carbocycles. The molecule has 1 aromatic heterocycles. The Hall–Kier alpha value is -3.00. The van der Waals surface area contributed by atoms with Crippen LogP contribution in [0.4, 0.5) is 20.3 Å². The molecular weight excluding hydrogens is 368 g/mol. The second-order valence-corrected chi connectivity index (χ2v) is 5.09. The van der Waals surface area contributed by atoms with Gasteiger partial charge in [0.15, 0.2) is 23.1 Å². The summed E-state index contributed by atoms with van der Waals surface area (Å²) in [7, 11) is 1.44. The summed E-state index contributed by atoms with van der Waals surface area (Å²) in [6.45, 7) is 1.27. The van der Waals surface area contributed by atoms with Gasteiger partial charge in [0.2, 0.25) is 0 Å². The monoisotopic (exact) mass is 381 g/mol. The third-order valence-corrected chi connectivity index (χ3v) is 3.36.